The zero-order valence-corrected chi connectivity index (χ0v) is 14.5. The number of H-pyrrole nitrogens is 1. The first-order chi connectivity index (χ1) is 12.7. The maximum absolute atomic E-state index is 13.4. The van der Waals surface area contributed by atoms with Crippen molar-refractivity contribution in [2.24, 2.45) is 0 Å². The Bertz CT molecular complexity index is 891. The van der Waals surface area contributed by atoms with Gasteiger partial charge in [0.25, 0.3) is 0 Å². The number of halogens is 1. The number of hydrogen-bond acceptors (Lipinski definition) is 6. The zero-order chi connectivity index (χ0) is 17.9. The lowest BCUT2D eigenvalue weighted by atomic mass is 10.1. The van der Waals surface area contributed by atoms with Crippen molar-refractivity contribution in [2.75, 3.05) is 20.3 Å². The van der Waals surface area contributed by atoms with Crippen LogP contribution in [0.25, 0.3) is 11.4 Å². The zero-order valence-electron chi connectivity index (χ0n) is 14.5. The van der Waals surface area contributed by atoms with Crippen molar-refractivity contribution in [1.82, 2.24) is 25.0 Å². The topological polar surface area (TPSA) is 80.1 Å². The molecule has 26 heavy (non-hydrogen) atoms. The summed E-state index contributed by atoms with van der Waals surface area (Å²) < 4.78 is 23.8. The van der Waals surface area contributed by atoms with E-state index in [1.807, 2.05) is 6.07 Å². The Morgan fingerprint density at radius 2 is 2.27 bits per heavy atom. The lowest BCUT2D eigenvalue weighted by Gasteiger charge is -2.24. The lowest BCUT2D eigenvalue weighted by molar-refractivity contribution is 0.198. The summed E-state index contributed by atoms with van der Waals surface area (Å²) in [4.78, 5) is 14.6. The number of aromatic amines is 1. The Balaban J connectivity index is 1.44. The van der Waals surface area contributed by atoms with E-state index in [1.54, 1.807) is 13.2 Å². The number of nitrogens with one attached hydrogen (secondary N) is 1. The van der Waals surface area contributed by atoms with Crippen LogP contribution in [0.2, 0.25) is 0 Å². The van der Waals surface area contributed by atoms with E-state index in [2.05, 4.69) is 25.0 Å². The third-order valence-corrected chi connectivity index (χ3v) is 4.41. The molecule has 3 heterocycles. The molecule has 0 radical (unpaired) electrons. The molecule has 0 atom stereocenters. The normalized spacial score (nSPS) is 14.5. The minimum atomic E-state index is -0.265. The molecule has 7 nitrogen and oxygen atoms in total. The first-order valence-electron chi connectivity index (χ1n) is 8.57. The molecule has 0 fully saturated rings. The Morgan fingerprint density at radius 3 is 3.12 bits per heavy atom. The van der Waals surface area contributed by atoms with Gasteiger partial charge in [0.05, 0.1) is 24.5 Å². The van der Waals surface area contributed by atoms with Crippen molar-refractivity contribution in [3.05, 3.63) is 53.2 Å². The maximum Gasteiger partial charge on any atom is 0.240 e. The van der Waals surface area contributed by atoms with Crippen LogP contribution in [0.15, 0.2) is 28.8 Å². The van der Waals surface area contributed by atoms with Crippen molar-refractivity contribution in [3.8, 4) is 11.4 Å². The fraction of sp³-hybridized carbons (Fsp3) is 0.389. The van der Waals surface area contributed by atoms with Crippen molar-refractivity contribution < 1.29 is 13.7 Å². The summed E-state index contributed by atoms with van der Waals surface area (Å²) in [5.41, 5.74) is 2.84. The van der Waals surface area contributed by atoms with Gasteiger partial charge in [-0.05, 0) is 12.1 Å². The fourth-order valence-electron chi connectivity index (χ4n) is 3.10. The molecular formula is C18H20FN5O2. The SMILES string of the molecule is COCCc1noc(CN2CCc3nc(-c4cccc(F)c4)[nH]c3C2)n1. The number of imidazole rings is 1. The van der Waals surface area contributed by atoms with Gasteiger partial charge in [0.15, 0.2) is 5.82 Å². The van der Waals surface area contributed by atoms with Crippen LogP contribution in [0.3, 0.4) is 0 Å². The van der Waals surface area contributed by atoms with Gasteiger partial charge in [0.1, 0.15) is 11.6 Å². The first-order valence-corrected chi connectivity index (χ1v) is 8.57. The molecule has 0 unspecified atom stereocenters. The van der Waals surface area contributed by atoms with Crippen LogP contribution in [-0.2, 0) is 30.7 Å². The third-order valence-electron chi connectivity index (χ3n) is 4.41. The highest BCUT2D eigenvalue weighted by Gasteiger charge is 2.22. The quantitative estimate of drug-likeness (QED) is 0.729. The number of methoxy groups -OCH3 is 1. The van der Waals surface area contributed by atoms with Crippen LogP contribution in [0.1, 0.15) is 23.1 Å². The van der Waals surface area contributed by atoms with E-state index < -0.39 is 0 Å². The predicted octanol–water partition coefficient (Wildman–Crippen LogP) is 2.35. The van der Waals surface area contributed by atoms with Crippen LogP contribution in [0.4, 0.5) is 4.39 Å². The van der Waals surface area contributed by atoms with E-state index in [1.165, 1.54) is 12.1 Å². The number of nitrogens with zero attached hydrogens (tertiary/aromatic N) is 4. The predicted molar refractivity (Wildman–Crippen MR) is 91.7 cm³/mol. The molecule has 1 N–H and O–H groups in total. The van der Waals surface area contributed by atoms with Crippen LogP contribution in [0, 0.1) is 5.82 Å². The second-order valence-electron chi connectivity index (χ2n) is 6.33. The van der Waals surface area contributed by atoms with Gasteiger partial charge in [-0.3, -0.25) is 4.90 Å². The lowest BCUT2D eigenvalue weighted by Crippen LogP contribution is -2.30. The van der Waals surface area contributed by atoms with Gasteiger partial charge in [0.2, 0.25) is 5.89 Å². The second kappa shape index (κ2) is 7.35. The summed E-state index contributed by atoms with van der Waals surface area (Å²) in [5, 5.41) is 3.97. The van der Waals surface area contributed by atoms with Crippen molar-refractivity contribution in [1.29, 1.82) is 0 Å². The number of ether oxygens (including phenoxy) is 1. The molecule has 0 bridgehead atoms. The summed E-state index contributed by atoms with van der Waals surface area (Å²) in [5.74, 6) is 1.70. The molecule has 0 aliphatic carbocycles. The van der Waals surface area contributed by atoms with Crippen molar-refractivity contribution in [3.63, 3.8) is 0 Å². The van der Waals surface area contributed by atoms with Gasteiger partial charge in [0, 0.05) is 38.6 Å². The first kappa shape index (κ1) is 16.9. The van der Waals surface area contributed by atoms with Gasteiger partial charge in [-0.2, -0.15) is 4.98 Å². The van der Waals surface area contributed by atoms with Crippen molar-refractivity contribution in [2.45, 2.75) is 25.9 Å². The summed E-state index contributed by atoms with van der Waals surface area (Å²) in [6, 6.07) is 6.46. The van der Waals surface area contributed by atoms with Crippen LogP contribution in [0.5, 0.6) is 0 Å². The molecule has 0 amide bonds. The smallest absolute Gasteiger partial charge is 0.240 e. The monoisotopic (exact) mass is 357 g/mol. The summed E-state index contributed by atoms with van der Waals surface area (Å²) in [7, 11) is 1.65. The molecule has 3 aromatic rings. The average Bonchev–Trinajstić information content (AvgIpc) is 3.26. The van der Waals surface area contributed by atoms with Crippen LogP contribution >= 0.6 is 0 Å². The largest absolute Gasteiger partial charge is 0.384 e. The molecule has 1 aromatic carbocycles. The Kier molecular flexibility index (Phi) is 4.77. The summed E-state index contributed by atoms with van der Waals surface area (Å²) in [6.45, 7) is 2.74. The van der Waals surface area contributed by atoms with Crippen LogP contribution < -0.4 is 0 Å². The summed E-state index contributed by atoms with van der Waals surface area (Å²) in [6.07, 6.45) is 1.47. The minimum absolute atomic E-state index is 0.265. The molecule has 0 spiro atoms. The molecular weight excluding hydrogens is 337 g/mol. The highest BCUT2D eigenvalue weighted by atomic mass is 19.1. The van der Waals surface area contributed by atoms with Gasteiger partial charge >= 0.3 is 0 Å². The molecule has 1 aliphatic rings. The second-order valence-corrected chi connectivity index (χ2v) is 6.33. The van der Waals surface area contributed by atoms with Gasteiger partial charge in [-0.1, -0.05) is 17.3 Å². The highest BCUT2D eigenvalue weighted by Crippen LogP contribution is 2.24. The molecule has 1 aliphatic heterocycles. The standard InChI is InChI=1S/C18H20FN5O2/c1-25-8-6-16-22-17(26-23-16)11-24-7-5-14-15(10-24)21-18(20-14)12-3-2-4-13(19)9-12/h2-4,9H,5-8,10-11H2,1H3,(H,20,21). The molecule has 2 aromatic heterocycles. The Labute approximate surface area is 150 Å². The van der Waals surface area contributed by atoms with Gasteiger partial charge in [-0.15, -0.1) is 0 Å². The van der Waals surface area contributed by atoms with Crippen LogP contribution in [-0.4, -0.2) is 45.3 Å². The fourth-order valence-corrected chi connectivity index (χ4v) is 3.10. The molecule has 4 rings (SSSR count). The molecule has 8 heteroatoms. The van der Waals surface area contributed by atoms with Gasteiger partial charge < -0.3 is 14.2 Å². The van der Waals surface area contributed by atoms with E-state index in [-0.39, 0.29) is 5.82 Å². The number of benzene rings is 1. The Morgan fingerprint density at radius 1 is 1.35 bits per heavy atom. The number of aromatic nitrogens is 4. The average molecular weight is 357 g/mol. The van der Waals surface area contributed by atoms with Gasteiger partial charge in [-0.25, -0.2) is 9.37 Å². The van der Waals surface area contributed by atoms with Crippen molar-refractivity contribution >= 4 is 0 Å². The molecule has 0 saturated carbocycles. The molecule has 136 valence electrons. The number of rotatable bonds is 6. The van der Waals surface area contributed by atoms with E-state index in [4.69, 9.17) is 9.26 Å². The minimum Gasteiger partial charge on any atom is -0.384 e. The summed E-state index contributed by atoms with van der Waals surface area (Å²) >= 11 is 0. The highest BCUT2D eigenvalue weighted by molar-refractivity contribution is 5.56. The van der Waals surface area contributed by atoms with E-state index >= 15 is 0 Å². The molecule has 0 saturated heterocycles. The van der Waals surface area contributed by atoms with E-state index in [9.17, 15) is 4.39 Å². The van der Waals surface area contributed by atoms with E-state index in [0.717, 1.165) is 29.9 Å². The maximum atomic E-state index is 13.4. The Hall–Kier alpha value is -2.58. The third kappa shape index (κ3) is 3.66. The number of hydrogen-bond donors (Lipinski definition) is 1. The number of fused-ring (bicyclic) bond motifs is 1. The van der Waals surface area contributed by atoms with E-state index in [0.29, 0.717) is 43.7 Å².